The summed E-state index contributed by atoms with van der Waals surface area (Å²) < 4.78 is 5.46. The van der Waals surface area contributed by atoms with Crippen LogP contribution >= 0.6 is 0 Å². The molecule has 1 unspecified atom stereocenters. The fourth-order valence-electron chi connectivity index (χ4n) is 3.87. The Kier molecular flexibility index (Phi) is 4.81. The van der Waals surface area contributed by atoms with E-state index in [2.05, 4.69) is 36.9 Å². The van der Waals surface area contributed by atoms with Crippen molar-refractivity contribution in [3.8, 4) is 11.8 Å². The van der Waals surface area contributed by atoms with Gasteiger partial charge in [-0.05, 0) is 67.8 Å². The van der Waals surface area contributed by atoms with Crippen LogP contribution in [0, 0.1) is 16.7 Å². The lowest BCUT2D eigenvalue weighted by Crippen LogP contribution is -2.30. The van der Waals surface area contributed by atoms with E-state index < -0.39 is 0 Å². The lowest BCUT2D eigenvalue weighted by molar-refractivity contribution is 0.413. The normalized spacial score (nSPS) is 19.9. The predicted octanol–water partition coefficient (Wildman–Crippen LogP) is 4.44. The van der Waals surface area contributed by atoms with Gasteiger partial charge in [-0.2, -0.15) is 5.26 Å². The molecule has 4 nitrogen and oxygen atoms in total. The summed E-state index contributed by atoms with van der Waals surface area (Å²) in [6.07, 6.45) is 4.03. The fraction of sp³-hybridized carbons (Fsp3) is 0.273. The molecule has 132 valence electrons. The minimum atomic E-state index is -0.272. The molecule has 0 amide bonds. The maximum atomic E-state index is 9.03. The number of rotatable bonds is 5. The van der Waals surface area contributed by atoms with Crippen LogP contribution in [-0.2, 0) is 11.8 Å². The second kappa shape index (κ2) is 7.05. The maximum Gasteiger partial charge on any atom is 0.119 e. The van der Waals surface area contributed by atoms with Crippen LogP contribution in [0.3, 0.4) is 0 Å². The number of fused-ring (bicyclic) bond motifs is 1. The number of hydrogen-bond donors (Lipinski definition) is 1. The summed E-state index contributed by atoms with van der Waals surface area (Å²) in [4.78, 5) is 2.27. The Hall–Kier alpha value is -3.06. The van der Waals surface area contributed by atoms with E-state index in [0.717, 1.165) is 35.7 Å². The van der Waals surface area contributed by atoms with E-state index in [4.69, 9.17) is 15.4 Å². The number of nitrogens with zero attached hydrogens (tertiary/aromatic N) is 2. The molecule has 0 spiro atoms. The number of ether oxygens (including phenoxy) is 1. The molecule has 1 atom stereocenters. The molecule has 0 bridgehead atoms. The highest BCUT2D eigenvalue weighted by atomic mass is 16.5. The fourth-order valence-corrected chi connectivity index (χ4v) is 3.87. The Morgan fingerprint density at radius 2 is 1.96 bits per heavy atom. The molecular formula is C22H23N3O. The first-order chi connectivity index (χ1) is 12.6. The Labute approximate surface area is 154 Å². The number of nitrogens with one attached hydrogen (secondary N) is 1. The molecule has 0 aliphatic carbocycles. The molecule has 2 aromatic rings. The number of benzene rings is 2. The Morgan fingerprint density at radius 1 is 1.23 bits per heavy atom. The second-order valence-electron chi connectivity index (χ2n) is 6.66. The first-order valence-corrected chi connectivity index (χ1v) is 8.73. The molecule has 3 rings (SSSR count). The third-order valence-electron chi connectivity index (χ3n) is 5.14. The summed E-state index contributed by atoms with van der Waals surface area (Å²) >= 11 is 0. The van der Waals surface area contributed by atoms with E-state index in [1.54, 1.807) is 7.11 Å². The summed E-state index contributed by atoms with van der Waals surface area (Å²) in [7, 11) is 1.68. The van der Waals surface area contributed by atoms with E-state index in [0.29, 0.717) is 5.56 Å². The van der Waals surface area contributed by atoms with Crippen LogP contribution in [0.25, 0.3) is 0 Å². The standard InChI is InChI=1S/C22H23N3O/c1-4-25-20-10-9-18(26-3)13-19(20)22(2,21(25)11-12-23)14-16-5-7-17(15-24)8-6-16/h5-13,23H,4,14H2,1-3H3/b21-11-,23-12?. The van der Waals surface area contributed by atoms with Crippen molar-refractivity contribution < 1.29 is 4.74 Å². The van der Waals surface area contributed by atoms with Gasteiger partial charge in [0.2, 0.25) is 0 Å². The van der Waals surface area contributed by atoms with Crippen LogP contribution in [0.4, 0.5) is 5.69 Å². The largest absolute Gasteiger partial charge is 0.497 e. The number of methoxy groups -OCH3 is 1. The van der Waals surface area contributed by atoms with Gasteiger partial charge in [0.05, 0.1) is 18.7 Å². The van der Waals surface area contributed by atoms with Gasteiger partial charge in [-0.3, -0.25) is 0 Å². The zero-order valence-corrected chi connectivity index (χ0v) is 15.4. The number of anilines is 1. The van der Waals surface area contributed by atoms with Gasteiger partial charge in [0, 0.05) is 29.6 Å². The number of nitriles is 1. The average molecular weight is 345 g/mol. The van der Waals surface area contributed by atoms with Crippen LogP contribution in [-0.4, -0.2) is 19.9 Å². The van der Waals surface area contributed by atoms with E-state index in [9.17, 15) is 0 Å². The van der Waals surface area contributed by atoms with Gasteiger partial charge in [0.15, 0.2) is 0 Å². The minimum absolute atomic E-state index is 0.272. The minimum Gasteiger partial charge on any atom is -0.497 e. The quantitative estimate of drug-likeness (QED) is 0.815. The molecule has 0 saturated heterocycles. The third kappa shape index (κ3) is 2.86. The monoisotopic (exact) mass is 345 g/mol. The molecule has 1 aliphatic rings. The molecule has 0 fully saturated rings. The lowest BCUT2D eigenvalue weighted by Gasteiger charge is -2.30. The van der Waals surface area contributed by atoms with Gasteiger partial charge < -0.3 is 15.0 Å². The first-order valence-electron chi connectivity index (χ1n) is 8.73. The summed E-state index contributed by atoms with van der Waals surface area (Å²) in [5.41, 5.74) is 5.04. The highest BCUT2D eigenvalue weighted by Gasteiger charge is 2.43. The van der Waals surface area contributed by atoms with Crippen LogP contribution in [0.2, 0.25) is 0 Å². The van der Waals surface area contributed by atoms with E-state index in [-0.39, 0.29) is 5.41 Å². The van der Waals surface area contributed by atoms with Crippen molar-refractivity contribution in [2.75, 3.05) is 18.6 Å². The van der Waals surface area contributed by atoms with Gasteiger partial charge in [-0.15, -0.1) is 0 Å². The lowest BCUT2D eigenvalue weighted by atomic mass is 9.76. The van der Waals surface area contributed by atoms with Crippen molar-refractivity contribution in [1.82, 2.24) is 0 Å². The SMILES string of the molecule is CCN1/C(=C\C=N)C(C)(Cc2ccc(C#N)cc2)c2cc(OC)ccc21. The van der Waals surface area contributed by atoms with Crippen molar-refractivity contribution >= 4 is 11.9 Å². The Bertz CT molecular complexity index is 893. The van der Waals surface area contributed by atoms with Crippen LogP contribution in [0.15, 0.2) is 54.2 Å². The zero-order chi connectivity index (χ0) is 18.7. The van der Waals surface area contributed by atoms with E-state index >= 15 is 0 Å². The second-order valence-corrected chi connectivity index (χ2v) is 6.66. The van der Waals surface area contributed by atoms with Gasteiger partial charge in [-0.25, -0.2) is 0 Å². The Balaban J connectivity index is 2.13. The average Bonchev–Trinajstić information content (AvgIpc) is 2.90. The van der Waals surface area contributed by atoms with Crippen molar-refractivity contribution in [2.45, 2.75) is 25.7 Å². The highest BCUT2D eigenvalue weighted by Crippen LogP contribution is 2.50. The van der Waals surface area contributed by atoms with Crippen LogP contribution < -0.4 is 9.64 Å². The summed E-state index contributed by atoms with van der Waals surface area (Å²) in [6, 6.07) is 16.1. The first kappa shape index (κ1) is 17.8. The molecule has 1 heterocycles. The summed E-state index contributed by atoms with van der Waals surface area (Å²) in [5.74, 6) is 0.835. The van der Waals surface area contributed by atoms with Crippen molar-refractivity contribution in [3.05, 3.63) is 70.9 Å². The topological polar surface area (TPSA) is 60.1 Å². The van der Waals surface area contributed by atoms with Gasteiger partial charge in [-0.1, -0.05) is 12.1 Å². The maximum absolute atomic E-state index is 9.03. The molecule has 1 aliphatic heterocycles. The Morgan fingerprint density at radius 3 is 2.54 bits per heavy atom. The molecule has 26 heavy (non-hydrogen) atoms. The number of hydrogen-bond acceptors (Lipinski definition) is 4. The van der Waals surface area contributed by atoms with E-state index in [1.165, 1.54) is 11.8 Å². The molecule has 1 N–H and O–H groups in total. The zero-order valence-electron chi connectivity index (χ0n) is 15.4. The van der Waals surface area contributed by atoms with Crippen molar-refractivity contribution in [1.29, 1.82) is 10.7 Å². The van der Waals surface area contributed by atoms with Gasteiger partial charge in [0.25, 0.3) is 0 Å². The highest BCUT2D eigenvalue weighted by molar-refractivity contribution is 5.79. The molecule has 0 aromatic heterocycles. The third-order valence-corrected chi connectivity index (χ3v) is 5.14. The molecule has 0 radical (unpaired) electrons. The van der Waals surface area contributed by atoms with Crippen LogP contribution in [0.1, 0.15) is 30.5 Å². The van der Waals surface area contributed by atoms with Gasteiger partial charge >= 0.3 is 0 Å². The molecule has 4 heteroatoms. The number of likely N-dealkylation sites (N-methyl/N-ethyl adjacent to an activating group) is 1. The predicted molar refractivity (Wildman–Crippen MR) is 105 cm³/mol. The molecular weight excluding hydrogens is 322 g/mol. The summed E-state index contributed by atoms with van der Waals surface area (Å²) in [5, 5.41) is 16.7. The number of allylic oxidation sites excluding steroid dienone is 2. The smallest absolute Gasteiger partial charge is 0.119 e. The van der Waals surface area contributed by atoms with Crippen LogP contribution in [0.5, 0.6) is 5.75 Å². The summed E-state index contributed by atoms with van der Waals surface area (Å²) in [6.45, 7) is 5.18. The van der Waals surface area contributed by atoms with E-state index in [1.807, 2.05) is 36.4 Å². The van der Waals surface area contributed by atoms with Crippen molar-refractivity contribution in [3.63, 3.8) is 0 Å². The van der Waals surface area contributed by atoms with Crippen molar-refractivity contribution in [2.24, 2.45) is 0 Å². The van der Waals surface area contributed by atoms with Gasteiger partial charge in [0.1, 0.15) is 5.75 Å². The molecule has 0 saturated carbocycles. The molecule has 2 aromatic carbocycles.